The van der Waals surface area contributed by atoms with Crippen LogP contribution in [-0.4, -0.2) is 57.8 Å². The van der Waals surface area contributed by atoms with Crippen molar-refractivity contribution in [2.75, 3.05) is 37.9 Å². The van der Waals surface area contributed by atoms with Crippen LogP contribution >= 0.6 is 0 Å². The van der Waals surface area contributed by atoms with Gasteiger partial charge in [0.05, 0.1) is 31.2 Å². The number of benzene rings is 3. The highest BCUT2D eigenvalue weighted by atomic mass is 16.5. The number of morpholine rings is 1. The van der Waals surface area contributed by atoms with E-state index in [0.717, 1.165) is 49.8 Å². The Kier molecular flexibility index (Phi) is 6.66. The molecular formula is C30H32N6O2. The minimum absolute atomic E-state index is 0.0682. The number of hydrogen-bond donors (Lipinski definition) is 0. The van der Waals surface area contributed by atoms with E-state index in [1.54, 1.807) is 11.6 Å². The molecule has 194 valence electrons. The Bertz CT molecular complexity index is 1480. The zero-order valence-corrected chi connectivity index (χ0v) is 21.8. The standard InChI is InChI=1S/C30H32N6O2/c1-22-8-12-25(13-9-22)28-27(24-6-4-3-5-7-24)21-35(31-28)29-32-36(30(37)33(29)2)26-14-10-23(11-15-26)20-34-16-18-38-19-17-34/h3-15,27H,16-21H2,1-2H3/t27-/m0/s1. The molecule has 4 aromatic rings. The van der Waals surface area contributed by atoms with E-state index in [2.05, 4.69) is 72.5 Å². The Morgan fingerprint density at radius 2 is 1.63 bits per heavy atom. The zero-order valence-electron chi connectivity index (χ0n) is 21.8. The summed E-state index contributed by atoms with van der Waals surface area (Å²) in [7, 11) is 1.75. The highest BCUT2D eigenvalue weighted by Crippen LogP contribution is 2.31. The number of hydrazone groups is 1. The van der Waals surface area contributed by atoms with Gasteiger partial charge in [-0.15, -0.1) is 5.10 Å². The molecule has 0 radical (unpaired) electrons. The zero-order chi connectivity index (χ0) is 26.1. The Balaban J connectivity index is 1.30. The second-order valence-electron chi connectivity index (χ2n) is 10.0. The summed E-state index contributed by atoms with van der Waals surface area (Å²) in [4.78, 5) is 15.6. The van der Waals surface area contributed by atoms with E-state index in [0.29, 0.717) is 12.5 Å². The topological polar surface area (TPSA) is 67.9 Å². The van der Waals surface area contributed by atoms with Crippen LogP contribution in [0.5, 0.6) is 0 Å². The van der Waals surface area contributed by atoms with Gasteiger partial charge < -0.3 is 4.74 Å². The number of aryl methyl sites for hydroxylation is 1. The van der Waals surface area contributed by atoms with Crippen LogP contribution in [-0.2, 0) is 18.3 Å². The number of rotatable bonds is 6. The average Bonchev–Trinajstić information content (AvgIpc) is 3.52. The molecule has 8 heteroatoms. The third kappa shape index (κ3) is 4.80. The van der Waals surface area contributed by atoms with E-state index in [1.165, 1.54) is 21.4 Å². The molecule has 1 saturated heterocycles. The van der Waals surface area contributed by atoms with Crippen molar-refractivity contribution < 1.29 is 4.74 Å². The van der Waals surface area contributed by atoms with E-state index in [-0.39, 0.29) is 11.6 Å². The minimum Gasteiger partial charge on any atom is -0.379 e. The largest absolute Gasteiger partial charge is 0.379 e. The summed E-state index contributed by atoms with van der Waals surface area (Å²) < 4.78 is 8.49. The van der Waals surface area contributed by atoms with Gasteiger partial charge in [-0.05, 0) is 35.7 Å². The molecule has 1 atom stereocenters. The van der Waals surface area contributed by atoms with Crippen LogP contribution in [0.1, 0.15) is 28.2 Å². The number of nitrogens with zero attached hydrogens (tertiary/aromatic N) is 6. The van der Waals surface area contributed by atoms with Gasteiger partial charge in [-0.3, -0.25) is 9.47 Å². The minimum atomic E-state index is -0.198. The molecule has 1 aromatic heterocycles. The molecular weight excluding hydrogens is 476 g/mol. The summed E-state index contributed by atoms with van der Waals surface area (Å²) in [5, 5.41) is 11.6. The van der Waals surface area contributed by atoms with Gasteiger partial charge in [-0.2, -0.15) is 9.78 Å². The molecule has 0 amide bonds. The van der Waals surface area contributed by atoms with Gasteiger partial charge >= 0.3 is 5.69 Å². The van der Waals surface area contributed by atoms with Gasteiger partial charge in [0.25, 0.3) is 0 Å². The van der Waals surface area contributed by atoms with Crippen LogP contribution < -0.4 is 10.7 Å². The Hall–Kier alpha value is -4.01. The predicted molar refractivity (Wildman–Crippen MR) is 149 cm³/mol. The van der Waals surface area contributed by atoms with Crippen LogP contribution in [0.25, 0.3) is 5.69 Å². The SMILES string of the molecule is Cc1ccc(C2=NN(c3nn(-c4ccc(CN5CCOCC5)cc4)c(=O)n3C)C[C@H]2c2ccccc2)cc1. The maximum absolute atomic E-state index is 13.3. The van der Waals surface area contributed by atoms with Crippen molar-refractivity contribution in [1.82, 2.24) is 19.2 Å². The lowest BCUT2D eigenvalue weighted by Crippen LogP contribution is -2.35. The van der Waals surface area contributed by atoms with E-state index < -0.39 is 0 Å². The Morgan fingerprint density at radius 1 is 0.921 bits per heavy atom. The normalized spacial score (nSPS) is 18.1. The van der Waals surface area contributed by atoms with Crippen LogP contribution in [0.2, 0.25) is 0 Å². The van der Waals surface area contributed by atoms with Crippen LogP contribution in [0.15, 0.2) is 88.8 Å². The summed E-state index contributed by atoms with van der Waals surface area (Å²) >= 11 is 0. The molecule has 8 nitrogen and oxygen atoms in total. The van der Waals surface area contributed by atoms with Crippen molar-refractivity contribution in [2.24, 2.45) is 12.1 Å². The highest BCUT2D eigenvalue weighted by Gasteiger charge is 2.32. The number of hydrogen-bond acceptors (Lipinski definition) is 6. The van der Waals surface area contributed by atoms with Gasteiger partial charge in [0.1, 0.15) is 0 Å². The molecule has 0 unspecified atom stereocenters. The Labute approximate surface area is 222 Å². The van der Waals surface area contributed by atoms with Gasteiger partial charge in [0, 0.05) is 32.6 Å². The summed E-state index contributed by atoms with van der Waals surface area (Å²) in [6.07, 6.45) is 0. The van der Waals surface area contributed by atoms with Crippen LogP contribution in [0.3, 0.4) is 0 Å². The smallest absolute Gasteiger partial charge is 0.351 e. The lowest BCUT2D eigenvalue weighted by atomic mass is 9.90. The molecule has 0 N–H and O–H groups in total. The summed E-state index contributed by atoms with van der Waals surface area (Å²) in [6, 6.07) is 26.9. The molecule has 38 heavy (non-hydrogen) atoms. The van der Waals surface area contributed by atoms with Crippen molar-refractivity contribution >= 4 is 11.7 Å². The fraction of sp³-hybridized carbons (Fsp3) is 0.300. The van der Waals surface area contributed by atoms with E-state index in [4.69, 9.17) is 14.9 Å². The molecule has 2 aliphatic rings. The van der Waals surface area contributed by atoms with Gasteiger partial charge in [0.2, 0.25) is 5.95 Å². The number of aromatic nitrogens is 3. The van der Waals surface area contributed by atoms with E-state index in [1.807, 2.05) is 23.2 Å². The van der Waals surface area contributed by atoms with Gasteiger partial charge in [0.15, 0.2) is 0 Å². The van der Waals surface area contributed by atoms with Crippen LogP contribution in [0.4, 0.5) is 5.95 Å². The number of ether oxygens (including phenoxy) is 1. The van der Waals surface area contributed by atoms with Crippen molar-refractivity contribution in [3.8, 4) is 5.69 Å². The predicted octanol–water partition coefficient (Wildman–Crippen LogP) is 3.72. The fourth-order valence-corrected chi connectivity index (χ4v) is 5.14. The third-order valence-electron chi connectivity index (χ3n) is 7.34. The van der Waals surface area contributed by atoms with Gasteiger partial charge in [-0.25, -0.2) is 9.80 Å². The third-order valence-corrected chi connectivity index (χ3v) is 7.34. The lowest BCUT2D eigenvalue weighted by molar-refractivity contribution is 0.0342. The summed E-state index contributed by atoms with van der Waals surface area (Å²) in [6.45, 7) is 7.00. The van der Waals surface area contributed by atoms with E-state index in [9.17, 15) is 4.79 Å². The van der Waals surface area contributed by atoms with Gasteiger partial charge in [-0.1, -0.05) is 72.3 Å². The molecule has 3 aromatic carbocycles. The quantitative estimate of drug-likeness (QED) is 0.397. The Morgan fingerprint density at radius 3 is 2.34 bits per heavy atom. The first-order chi connectivity index (χ1) is 18.6. The molecule has 3 heterocycles. The molecule has 0 aliphatic carbocycles. The van der Waals surface area contributed by atoms with Crippen LogP contribution in [0, 0.1) is 6.92 Å². The molecule has 1 fully saturated rings. The average molecular weight is 509 g/mol. The first kappa shape index (κ1) is 24.3. The maximum Gasteiger partial charge on any atom is 0.351 e. The second kappa shape index (κ2) is 10.4. The number of anilines is 1. The highest BCUT2D eigenvalue weighted by molar-refractivity contribution is 6.07. The summed E-state index contributed by atoms with van der Waals surface area (Å²) in [5.41, 5.74) is 6.20. The lowest BCUT2D eigenvalue weighted by Gasteiger charge is -2.26. The monoisotopic (exact) mass is 508 g/mol. The first-order valence-corrected chi connectivity index (χ1v) is 13.1. The molecule has 0 bridgehead atoms. The molecule has 6 rings (SSSR count). The maximum atomic E-state index is 13.3. The fourth-order valence-electron chi connectivity index (χ4n) is 5.14. The molecule has 2 aliphatic heterocycles. The van der Waals surface area contributed by atoms with Crippen molar-refractivity contribution in [3.63, 3.8) is 0 Å². The van der Waals surface area contributed by atoms with E-state index >= 15 is 0 Å². The molecule has 0 saturated carbocycles. The first-order valence-electron chi connectivity index (χ1n) is 13.1. The summed E-state index contributed by atoms with van der Waals surface area (Å²) in [5.74, 6) is 0.592. The second-order valence-corrected chi connectivity index (χ2v) is 10.0. The molecule has 0 spiro atoms. The van der Waals surface area contributed by atoms with Crippen molar-refractivity contribution in [2.45, 2.75) is 19.4 Å². The van der Waals surface area contributed by atoms with Crippen molar-refractivity contribution in [3.05, 3.63) is 112 Å². The van der Waals surface area contributed by atoms with Crippen molar-refractivity contribution in [1.29, 1.82) is 0 Å².